The zero-order valence-corrected chi connectivity index (χ0v) is 22.4. The summed E-state index contributed by atoms with van der Waals surface area (Å²) in [7, 11) is 0. The molecule has 0 bridgehead atoms. The Kier molecular flexibility index (Phi) is 5.90. The topological polar surface area (TPSA) is 73.8 Å². The molecule has 41 heavy (non-hydrogen) atoms. The highest BCUT2D eigenvalue weighted by molar-refractivity contribution is 6.07. The van der Waals surface area contributed by atoms with Crippen LogP contribution in [0.15, 0.2) is 114 Å². The molecule has 0 fully saturated rings. The Morgan fingerprint density at radius 2 is 1.49 bits per heavy atom. The van der Waals surface area contributed by atoms with E-state index in [1.807, 2.05) is 60.7 Å². The van der Waals surface area contributed by atoms with E-state index in [-0.39, 0.29) is 16.9 Å². The first kappa shape index (κ1) is 24.8. The predicted molar refractivity (Wildman–Crippen MR) is 166 cm³/mol. The molecule has 0 spiro atoms. The summed E-state index contributed by atoms with van der Waals surface area (Å²) < 4.78 is 5.89. The van der Waals surface area contributed by atoms with Crippen LogP contribution in [0.25, 0.3) is 39.0 Å². The van der Waals surface area contributed by atoms with Crippen LogP contribution < -0.4 is 0 Å². The molecule has 7 rings (SSSR count). The van der Waals surface area contributed by atoms with Gasteiger partial charge in [0.25, 0.3) is 0 Å². The maximum Gasteiger partial charge on any atom is 0.202 e. The van der Waals surface area contributed by atoms with Crippen molar-refractivity contribution < 1.29 is 19.7 Å². The van der Waals surface area contributed by atoms with Crippen molar-refractivity contribution in [3.05, 3.63) is 143 Å². The number of hydrogen-bond donors (Lipinski definition) is 3. The van der Waals surface area contributed by atoms with Gasteiger partial charge in [-0.2, -0.15) is 0 Å². The molecule has 4 aromatic carbocycles. The summed E-state index contributed by atoms with van der Waals surface area (Å²) in [6.45, 7) is 4.37. The van der Waals surface area contributed by atoms with Gasteiger partial charge in [-0.05, 0) is 57.0 Å². The number of aromatic hydroxyl groups is 3. The van der Waals surface area contributed by atoms with E-state index in [1.165, 1.54) is 0 Å². The lowest BCUT2D eigenvalue weighted by atomic mass is 9.82. The summed E-state index contributed by atoms with van der Waals surface area (Å²) in [4.78, 5) is 0. The predicted octanol–water partition coefficient (Wildman–Crippen LogP) is 9.04. The summed E-state index contributed by atoms with van der Waals surface area (Å²) in [6.07, 6.45) is 14.5. The van der Waals surface area contributed by atoms with E-state index < -0.39 is 11.5 Å². The molecule has 0 aliphatic heterocycles. The van der Waals surface area contributed by atoms with Gasteiger partial charge in [0.15, 0.2) is 11.3 Å². The second-order valence-electron chi connectivity index (χ2n) is 10.4. The van der Waals surface area contributed by atoms with Gasteiger partial charge in [-0.15, -0.1) is 0 Å². The molecule has 5 aromatic rings. The molecule has 0 radical (unpaired) electrons. The van der Waals surface area contributed by atoms with Crippen molar-refractivity contribution >= 4 is 39.0 Å². The lowest BCUT2D eigenvalue weighted by Gasteiger charge is -2.21. The lowest BCUT2D eigenvalue weighted by molar-refractivity contribution is 0.391. The van der Waals surface area contributed by atoms with E-state index in [0.29, 0.717) is 23.1 Å². The van der Waals surface area contributed by atoms with Gasteiger partial charge < -0.3 is 19.7 Å². The van der Waals surface area contributed by atoms with Crippen molar-refractivity contribution in [3.63, 3.8) is 0 Å². The van der Waals surface area contributed by atoms with Crippen molar-refractivity contribution in [2.75, 3.05) is 0 Å². The average molecular weight is 537 g/mol. The molecular weight excluding hydrogens is 508 g/mol. The molecule has 2 aliphatic carbocycles. The second-order valence-corrected chi connectivity index (χ2v) is 10.4. The first-order chi connectivity index (χ1) is 20.0. The van der Waals surface area contributed by atoms with Crippen LogP contribution in [0.5, 0.6) is 17.2 Å². The van der Waals surface area contributed by atoms with E-state index in [0.717, 1.165) is 57.0 Å². The maximum absolute atomic E-state index is 11.6. The van der Waals surface area contributed by atoms with Crippen LogP contribution >= 0.6 is 0 Å². The van der Waals surface area contributed by atoms with Crippen molar-refractivity contribution in [2.24, 2.45) is 0 Å². The van der Waals surface area contributed by atoms with Gasteiger partial charge in [-0.1, -0.05) is 110 Å². The number of phenols is 3. The minimum absolute atomic E-state index is 0.0825. The van der Waals surface area contributed by atoms with Crippen molar-refractivity contribution in [2.45, 2.75) is 19.3 Å². The number of furan rings is 1. The summed E-state index contributed by atoms with van der Waals surface area (Å²) in [6, 6.07) is 22.5. The van der Waals surface area contributed by atoms with Crippen LogP contribution in [0.3, 0.4) is 0 Å². The Morgan fingerprint density at radius 3 is 2.32 bits per heavy atom. The smallest absolute Gasteiger partial charge is 0.202 e. The number of phenolic OH excluding ortho intramolecular Hbond substituents is 3. The Hall–Kier alpha value is -5.22. The molecule has 0 saturated heterocycles. The van der Waals surface area contributed by atoms with E-state index in [9.17, 15) is 15.3 Å². The summed E-state index contributed by atoms with van der Waals surface area (Å²) >= 11 is 0. The number of allylic oxidation sites excluding steroid dienone is 6. The molecule has 4 nitrogen and oxygen atoms in total. The third-order valence-electron chi connectivity index (χ3n) is 8.08. The number of benzene rings is 4. The third kappa shape index (κ3) is 3.91. The molecule has 4 heteroatoms. The lowest BCUT2D eigenvalue weighted by Crippen LogP contribution is -2.01. The SMILES string of the molecule is C=C(c1ccccc1/C(=C1/C=CC=CC1)c1cccc2ccccc12)c1c(O)c(O)c2oc3c(c2c1O)C=CCC3. The highest BCUT2D eigenvalue weighted by Gasteiger charge is 2.29. The molecule has 0 unspecified atom stereocenters. The molecule has 0 saturated carbocycles. The molecule has 2 aliphatic rings. The van der Waals surface area contributed by atoms with Gasteiger partial charge in [-0.3, -0.25) is 0 Å². The average Bonchev–Trinajstić information content (AvgIpc) is 3.41. The Labute approximate surface area is 237 Å². The first-order valence-electron chi connectivity index (χ1n) is 13.8. The zero-order chi connectivity index (χ0) is 28.1. The van der Waals surface area contributed by atoms with Gasteiger partial charge in [0, 0.05) is 12.0 Å². The Bertz CT molecular complexity index is 2010. The maximum atomic E-state index is 11.6. The molecular formula is C37H28O4. The third-order valence-corrected chi connectivity index (χ3v) is 8.08. The fourth-order valence-corrected chi connectivity index (χ4v) is 6.15. The number of rotatable bonds is 4. The molecule has 1 aromatic heterocycles. The molecule has 0 amide bonds. The molecule has 3 N–H and O–H groups in total. The van der Waals surface area contributed by atoms with Gasteiger partial charge in [0.2, 0.25) is 5.75 Å². The van der Waals surface area contributed by atoms with E-state index in [2.05, 4.69) is 49.1 Å². The van der Waals surface area contributed by atoms with Gasteiger partial charge in [0.05, 0.1) is 10.9 Å². The fraction of sp³-hybridized carbons (Fsp3) is 0.0811. The van der Waals surface area contributed by atoms with Gasteiger partial charge in [-0.25, -0.2) is 0 Å². The monoisotopic (exact) mass is 536 g/mol. The van der Waals surface area contributed by atoms with E-state index in [4.69, 9.17) is 4.42 Å². The largest absolute Gasteiger partial charge is 0.506 e. The number of fused-ring (bicyclic) bond motifs is 4. The Balaban J connectivity index is 1.48. The molecule has 0 atom stereocenters. The first-order valence-corrected chi connectivity index (χ1v) is 13.8. The van der Waals surface area contributed by atoms with Gasteiger partial charge in [0.1, 0.15) is 11.5 Å². The number of hydrogen-bond acceptors (Lipinski definition) is 4. The summed E-state index contributed by atoms with van der Waals surface area (Å²) in [5, 5.41) is 36.5. The van der Waals surface area contributed by atoms with Crippen molar-refractivity contribution in [1.82, 2.24) is 0 Å². The number of aryl methyl sites for hydroxylation is 1. The van der Waals surface area contributed by atoms with Crippen molar-refractivity contribution in [3.8, 4) is 17.2 Å². The normalized spacial score (nSPS) is 15.4. The van der Waals surface area contributed by atoms with Crippen LogP contribution in [0.1, 0.15) is 46.4 Å². The van der Waals surface area contributed by atoms with Gasteiger partial charge >= 0.3 is 0 Å². The minimum Gasteiger partial charge on any atom is -0.506 e. The van der Waals surface area contributed by atoms with Crippen LogP contribution in [0.2, 0.25) is 0 Å². The zero-order valence-electron chi connectivity index (χ0n) is 22.4. The van der Waals surface area contributed by atoms with E-state index >= 15 is 0 Å². The fourth-order valence-electron chi connectivity index (χ4n) is 6.15. The summed E-state index contributed by atoms with van der Waals surface area (Å²) in [5.74, 6) is -0.339. The quantitative estimate of drug-likeness (QED) is 0.158. The second kappa shape index (κ2) is 9.76. The standard InChI is InChI=1S/C37H28O4/c1-22(31-34(38)33-29-19-9-10-21-30(29)41-37(33)36(40)35(31)39)25-16-7-8-18-27(25)32(24-13-3-2-4-14-24)28-20-11-15-23-12-5-6-17-26(23)28/h2-9,11-13,15-20,38-40H,1,10,14,21H2/b32-24+. The highest BCUT2D eigenvalue weighted by Crippen LogP contribution is 2.52. The molecule has 1 heterocycles. The van der Waals surface area contributed by atoms with Crippen LogP contribution in [0, 0.1) is 0 Å². The minimum atomic E-state index is -0.454. The van der Waals surface area contributed by atoms with Crippen LogP contribution in [-0.4, -0.2) is 15.3 Å². The molecule has 200 valence electrons. The van der Waals surface area contributed by atoms with Crippen molar-refractivity contribution in [1.29, 1.82) is 0 Å². The van der Waals surface area contributed by atoms with Crippen LogP contribution in [-0.2, 0) is 6.42 Å². The van der Waals surface area contributed by atoms with Crippen LogP contribution in [0.4, 0.5) is 0 Å². The highest BCUT2D eigenvalue weighted by atomic mass is 16.4. The van der Waals surface area contributed by atoms with E-state index in [1.54, 1.807) is 0 Å². The summed E-state index contributed by atoms with van der Waals surface area (Å²) in [5.41, 5.74) is 6.22. The Morgan fingerprint density at radius 1 is 0.732 bits per heavy atom.